The van der Waals surface area contributed by atoms with Crippen molar-refractivity contribution in [3.8, 4) is 11.5 Å². The maximum atomic E-state index is 12.4. The molecule has 156 valence electrons. The summed E-state index contributed by atoms with van der Waals surface area (Å²) in [4.78, 5) is 12.6. The number of carbonyl (C=O) groups excluding carboxylic acids is 1. The van der Waals surface area contributed by atoms with Crippen molar-refractivity contribution in [2.24, 2.45) is 0 Å². The minimum Gasteiger partial charge on any atom is -0.493 e. The third-order valence-electron chi connectivity index (χ3n) is 4.29. The SMILES string of the molecule is CCCCOc1ccc(/C=C/C(=O)c2ccc(S(=O)(=O)N(C)C)cc2)cc1OC. The maximum Gasteiger partial charge on any atom is 0.242 e. The van der Waals surface area contributed by atoms with Crippen LogP contribution in [0.25, 0.3) is 6.08 Å². The fourth-order valence-electron chi connectivity index (χ4n) is 2.50. The lowest BCUT2D eigenvalue weighted by atomic mass is 10.1. The molecule has 0 N–H and O–H groups in total. The molecule has 6 nitrogen and oxygen atoms in total. The van der Waals surface area contributed by atoms with Crippen LogP contribution in [0, 0.1) is 0 Å². The van der Waals surface area contributed by atoms with Crippen LogP contribution in [0.1, 0.15) is 35.7 Å². The standard InChI is InChI=1S/C22H27NO5S/c1-5-6-15-28-21-14-8-17(16-22(21)27-4)7-13-20(24)18-9-11-19(12-10-18)29(25,26)23(2)3/h7-14,16H,5-6,15H2,1-4H3/b13-7+. The number of ketones is 1. The van der Waals surface area contributed by atoms with E-state index in [9.17, 15) is 13.2 Å². The number of rotatable bonds is 10. The van der Waals surface area contributed by atoms with Crippen LogP contribution in [-0.2, 0) is 10.0 Å². The van der Waals surface area contributed by atoms with Gasteiger partial charge in [0.25, 0.3) is 0 Å². The molecule has 0 aliphatic carbocycles. The Morgan fingerprint density at radius 3 is 2.34 bits per heavy atom. The quantitative estimate of drug-likeness (QED) is 0.332. The van der Waals surface area contributed by atoms with Crippen LogP contribution in [0.4, 0.5) is 0 Å². The fraction of sp³-hybridized carbons (Fsp3) is 0.318. The van der Waals surface area contributed by atoms with Gasteiger partial charge in [-0.3, -0.25) is 4.79 Å². The van der Waals surface area contributed by atoms with Crippen LogP contribution in [-0.4, -0.2) is 46.3 Å². The van der Waals surface area contributed by atoms with Crippen LogP contribution in [0.2, 0.25) is 0 Å². The van der Waals surface area contributed by atoms with Gasteiger partial charge in [0.1, 0.15) is 0 Å². The zero-order valence-electron chi connectivity index (χ0n) is 17.2. The summed E-state index contributed by atoms with van der Waals surface area (Å²) in [6.45, 7) is 2.72. The maximum absolute atomic E-state index is 12.4. The average Bonchev–Trinajstić information content (AvgIpc) is 2.72. The minimum atomic E-state index is -3.52. The summed E-state index contributed by atoms with van der Waals surface area (Å²) in [7, 11) is 0.984. The van der Waals surface area contributed by atoms with E-state index in [1.165, 1.54) is 44.4 Å². The molecule has 0 bridgehead atoms. The highest BCUT2D eigenvalue weighted by Crippen LogP contribution is 2.29. The van der Waals surface area contributed by atoms with Crippen LogP contribution in [0.5, 0.6) is 11.5 Å². The number of sulfonamides is 1. The Hall–Kier alpha value is -2.64. The molecule has 0 amide bonds. The summed E-state index contributed by atoms with van der Waals surface area (Å²) in [6.07, 6.45) is 5.15. The smallest absolute Gasteiger partial charge is 0.242 e. The van der Waals surface area contributed by atoms with Crippen LogP contribution >= 0.6 is 0 Å². The zero-order chi connectivity index (χ0) is 21.4. The number of carbonyl (C=O) groups is 1. The Morgan fingerprint density at radius 1 is 1.07 bits per heavy atom. The van der Waals surface area contributed by atoms with E-state index in [0.29, 0.717) is 23.7 Å². The number of benzene rings is 2. The number of nitrogens with zero attached hydrogens (tertiary/aromatic N) is 1. The molecule has 2 rings (SSSR count). The Kier molecular flexibility index (Phi) is 7.99. The normalized spacial score (nSPS) is 11.8. The van der Waals surface area contributed by atoms with Gasteiger partial charge in [-0.25, -0.2) is 12.7 Å². The molecular formula is C22H27NO5S. The lowest BCUT2D eigenvalue weighted by Crippen LogP contribution is -2.22. The second-order valence-corrected chi connectivity index (χ2v) is 8.77. The van der Waals surface area contributed by atoms with Gasteiger partial charge in [-0.05, 0) is 54.5 Å². The predicted molar refractivity (Wildman–Crippen MR) is 114 cm³/mol. The van der Waals surface area contributed by atoms with Gasteiger partial charge < -0.3 is 9.47 Å². The van der Waals surface area contributed by atoms with Crippen LogP contribution in [0.15, 0.2) is 53.4 Å². The summed E-state index contributed by atoms with van der Waals surface area (Å²) in [5, 5.41) is 0. The van der Waals surface area contributed by atoms with E-state index in [-0.39, 0.29) is 10.7 Å². The third kappa shape index (κ3) is 5.92. The summed E-state index contributed by atoms with van der Waals surface area (Å²) in [5.41, 5.74) is 1.20. The molecule has 0 spiro atoms. The van der Waals surface area contributed by atoms with Crippen molar-refractivity contribution in [3.63, 3.8) is 0 Å². The average molecular weight is 418 g/mol. The molecule has 0 aliphatic heterocycles. The Balaban J connectivity index is 2.12. The Morgan fingerprint density at radius 2 is 1.76 bits per heavy atom. The molecule has 0 unspecified atom stereocenters. The molecule has 0 heterocycles. The van der Waals surface area contributed by atoms with Crippen molar-refractivity contribution < 1.29 is 22.7 Å². The van der Waals surface area contributed by atoms with E-state index >= 15 is 0 Å². The number of allylic oxidation sites excluding steroid dienone is 1. The third-order valence-corrected chi connectivity index (χ3v) is 6.12. The lowest BCUT2D eigenvalue weighted by Gasteiger charge is -2.11. The van der Waals surface area contributed by atoms with Crippen molar-refractivity contribution in [3.05, 3.63) is 59.7 Å². The van der Waals surface area contributed by atoms with E-state index in [1.54, 1.807) is 19.3 Å². The number of methoxy groups -OCH3 is 1. The molecule has 2 aromatic carbocycles. The minimum absolute atomic E-state index is 0.145. The monoisotopic (exact) mass is 417 g/mol. The number of hydrogen-bond donors (Lipinski definition) is 0. The van der Waals surface area contributed by atoms with Gasteiger partial charge in [-0.15, -0.1) is 0 Å². The fourth-order valence-corrected chi connectivity index (χ4v) is 3.41. The highest BCUT2D eigenvalue weighted by Gasteiger charge is 2.17. The second kappa shape index (κ2) is 10.2. The predicted octanol–water partition coefficient (Wildman–Crippen LogP) is 4.02. The number of ether oxygens (including phenoxy) is 2. The topological polar surface area (TPSA) is 72.9 Å². The van der Waals surface area contributed by atoms with Crippen LogP contribution < -0.4 is 9.47 Å². The van der Waals surface area contributed by atoms with Gasteiger partial charge in [-0.2, -0.15) is 0 Å². The van der Waals surface area contributed by atoms with Crippen molar-refractivity contribution in [2.75, 3.05) is 27.8 Å². The Bertz CT molecular complexity index is 963. The molecule has 0 atom stereocenters. The summed E-state index contributed by atoms with van der Waals surface area (Å²) in [6, 6.07) is 11.4. The first kappa shape index (κ1) is 22.6. The van der Waals surface area contributed by atoms with E-state index in [0.717, 1.165) is 22.7 Å². The molecule has 0 aromatic heterocycles. The molecule has 0 radical (unpaired) electrons. The van der Waals surface area contributed by atoms with Gasteiger partial charge in [0.15, 0.2) is 17.3 Å². The van der Waals surface area contributed by atoms with Crippen LogP contribution in [0.3, 0.4) is 0 Å². The molecule has 0 fully saturated rings. The van der Waals surface area contributed by atoms with Gasteiger partial charge in [0, 0.05) is 19.7 Å². The highest BCUT2D eigenvalue weighted by molar-refractivity contribution is 7.89. The van der Waals surface area contributed by atoms with E-state index in [4.69, 9.17) is 9.47 Å². The molecular weight excluding hydrogens is 390 g/mol. The zero-order valence-corrected chi connectivity index (χ0v) is 18.0. The number of unbranched alkanes of at least 4 members (excludes halogenated alkanes) is 1. The van der Waals surface area contributed by atoms with E-state index < -0.39 is 10.0 Å². The van der Waals surface area contributed by atoms with Gasteiger partial charge in [0.05, 0.1) is 18.6 Å². The van der Waals surface area contributed by atoms with E-state index in [2.05, 4.69) is 6.92 Å². The first-order valence-electron chi connectivity index (χ1n) is 9.35. The molecule has 2 aromatic rings. The molecule has 0 aliphatic rings. The first-order valence-corrected chi connectivity index (χ1v) is 10.8. The molecule has 0 saturated heterocycles. The molecule has 0 saturated carbocycles. The van der Waals surface area contributed by atoms with Crippen molar-refractivity contribution >= 4 is 21.9 Å². The van der Waals surface area contributed by atoms with Gasteiger partial charge >= 0.3 is 0 Å². The van der Waals surface area contributed by atoms with Gasteiger partial charge in [-0.1, -0.05) is 25.5 Å². The Labute approximate surface area is 172 Å². The van der Waals surface area contributed by atoms with Crippen molar-refractivity contribution in [1.82, 2.24) is 4.31 Å². The summed E-state index contributed by atoms with van der Waals surface area (Å²) >= 11 is 0. The molecule has 7 heteroatoms. The summed E-state index contributed by atoms with van der Waals surface area (Å²) in [5.74, 6) is 1.05. The lowest BCUT2D eigenvalue weighted by molar-refractivity contribution is 0.104. The first-order chi connectivity index (χ1) is 13.8. The molecule has 29 heavy (non-hydrogen) atoms. The van der Waals surface area contributed by atoms with Gasteiger partial charge in [0.2, 0.25) is 10.0 Å². The summed E-state index contributed by atoms with van der Waals surface area (Å²) < 4.78 is 36.4. The van der Waals surface area contributed by atoms with Crippen molar-refractivity contribution in [1.29, 1.82) is 0 Å². The second-order valence-electron chi connectivity index (χ2n) is 6.62. The van der Waals surface area contributed by atoms with Crippen molar-refractivity contribution in [2.45, 2.75) is 24.7 Å². The van der Waals surface area contributed by atoms with E-state index in [1.807, 2.05) is 12.1 Å². The highest BCUT2D eigenvalue weighted by atomic mass is 32.2. The largest absolute Gasteiger partial charge is 0.493 e. The number of hydrogen-bond acceptors (Lipinski definition) is 5.